The lowest BCUT2D eigenvalue weighted by Gasteiger charge is -2.26. The van der Waals surface area contributed by atoms with Gasteiger partial charge in [-0.25, -0.2) is 4.39 Å². The first-order chi connectivity index (χ1) is 8.86. The second-order valence-corrected chi connectivity index (χ2v) is 4.28. The van der Waals surface area contributed by atoms with E-state index in [2.05, 4.69) is 5.16 Å². The van der Waals surface area contributed by atoms with Crippen LogP contribution in [-0.2, 0) is 0 Å². The van der Waals surface area contributed by atoms with Gasteiger partial charge in [-0.05, 0) is 32.0 Å². The molecule has 0 aliphatic rings. The van der Waals surface area contributed by atoms with Crippen LogP contribution >= 0.6 is 0 Å². The molecule has 0 radical (unpaired) electrons. The molecule has 1 aromatic rings. The minimum atomic E-state index is -0.631. The largest absolute Gasteiger partial charge is 0.507 e. The van der Waals surface area contributed by atoms with Crippen LogP contribution < -0.4 is 5.73 Å². The van der Waals surface area contributed by atoms with Gasteiger partial charge in [0.05, 0.1) is 12.1 Å². The topological polar surface area (TPSA) is 99.1 Å². The Bertz CT molecular complexity index is 503. The first-order valence-corrected chi connectivity index (χ1v) is 5.62. The van der Waals surface area contributed by atoms with Crippen LogP contribution in [0.2, 0.25) is 0 Å². The maximum Gasteiger partial charge on any atom is 0.258 e. The third-order valence-corrected chi connectivity index (χ3v) is 2.53. The maximum absolute atomic E-state index is 13.1. The molecule has 0 heterocycles. The molecule has 0 saturated carbocycles. The van der Waals surface area contributed by atoms with Gasteiger partial charge >= 0.3 is 0 Å². The number of benzene rings is 1. The van der Waals surface area contributed by atoms with Crippen molar-refractivity contribution in [2.45, 2.75) is 19.9 Å². The molecular weight excluding hydrogens is 253 g/mol. The minimum Gasteiger partial charge on any atom is -0.507 e. The third-order valence-electron chi connectivity index (χ3n) is 2.53. The van der Waals surface area contributed by atoms with Crippen molar-refractivity contribution in [1.82, 2.24) is 4.90 Å². The molecule has 0 bridgehead atoms. The molecular formula is C12H16FN3O3. The van der Waals surface area contributed by atoms with Gasteiger partial charge in [0.2, 0.25) is 0 Å². The summed E-state index contributed by atoms with van der Waals surface area (Å²) < 4.78 is 13.1. The van der Waals surface area contributed by atoms with Crippen molar-refractivity contribution in [2.75, 3.05) is 6.54 Å². The number of halogens is 1. The highest BCUT2D eigenvalue weighted by Crippen LogP contribution is 2.20. The number of amides is 1. The van der Waals surface area contributed by atoms with E-state index in [-0.39, 0.29) is 29.7 Å². The molecule has 0 aromatic heterocycles. The highest BCUT2D eigenvalue weighted by molar-refractivity contribution is 5.99. The van der Waals surface area contributed by atoms with Gasteiger partial charge in [-0.15, -0.1) is 0 Å². The SMILES string of the molecule is CC(C)N(C/C(N)=N/O)C(=O)c1cc(F)ccc1O. The van der Waals surface area contributed by atoms with E-state index in [4.69, 9.17) is 10.9 Å². The number of carbonyl (C=O) groups excluding carboxylic acids is 1. The summed E-state index contributed by atoms with van der Waals surface area (Å²) in [5.41, 5.74) is 5.20. The van der Waals surface area contributed by atoms with Crippen molar-refractivity contribution in [3.05, 3.63) is 29.6 Å². The number of rotatable bonds is 4. The van der Waals surface area contributed by atoms with Crippen molar-refractivity contribution in [2.24, 2.45) is 10.9 Å². The third kappa shape index (κ3) is 3.57. The summed E-state index contributed by atoms with van der Waals surface area (Å²) in [6, 6.07) is 2.83. The molecule has 7 heteroatoms. The Morgan fingerprint density at radius 1 is 1.53 bits per heavy atom. The number of phenols is 1. The van der Waals surface area contributed by atoms with Crippen LogP contribution in [0.15, 0.2) is 23.4 Å². The average molecular weight is 269 g/mol. The zero-order chi connectivity index (χ0) is 14.6. The molecule has 0 aliphatic carbocycles. The standard InChI is InChI=1S/C12H16FN3O3/c1-7(2)16(6-11(14)15-19)12(18)9-5-8(13)3-4-10(9)17/h3-5,7,17,19H,6H2,1-2H3,(H2,14,15). The fraction of sp³-hybridized carbons (Fsp3) is 0.333. The molecule has 6 nitrogen and oxygen atoms in total. The second-order valence-electron chi connectivity index (χ2n) is 4.28. The van der Waals surface area contributed by atoms with E-state index in [9.17, 15) is 14.3 Å². The average Bonchev–Trinajstić information content (AvgIpc) is 2.37. The summed E-state index contributed by atoms with van der Waals surface area (Å²) in [4.78, 5) is 13.5. The number of phenolic OH excluding ortho intramolecular Hbond substituents is 1. The normalized spacial score (nSPS) is 11.7. The van der Waals surface area contributed by atoms with Gasteiger partial charge in [0, 0.05) is 6.04 Å². The fourth-order valence-electron chi connectivity index (χ4n) is 1.53. The maximum atomic E-state index is 13.1. The van der Waals surface area contributed by atoms with Gasteiger partial charge in [0.15, 0.2) is 5.84 Å². The van der Waals surface area contributed by atoms with E-state index < -0.39 is 11.7 Å². The lowest BCUT2D eigenvalue weighted by molar-refractivity contribution is 0.0730. The number of aromatic hydroxyl groups is 1. The van der Waals surface area contributed by atoms with E-state index in [1.54, 1.807) is 13.8 Å². The number of hydrogen-bond acceptors (Lipinski definition) is 4. The first-order valence-electron chi connectivity index (χ1n) is 5.62. The molecule has 104 valence electrons. The minimum absolute atomic E-state index is 0.122. The van der Waals surface area contributed by atoms with Crippen molar-refractivity contribution < 1.29 is 19.5 Å². The molecule has 0 aliphatic heterocycles. The van der Waals surface area contributed by atoms with E-state index >= 15 is 0 Å². The van der Waals surface area contributed by atoms with E-state index in [0.717, 1.165) is 18.2 Å². The van der Waals surface area contributed by atoms with Gasteiger partial charge in [0.1, 0.15) is 11.6 Å². The number of nitrogens with zero attached hydrogens (tertiary/aromatic N) is 2. The lowest BCUT2D eigenvalue weighted by atomic mass is 10.1. The van der Waals surface area contributed by atoms with Crippen molar-refractivity contribution >= 4 is 11.7 Å². The van der Waals surface area contributed by atoms with Crippen molar-refractivity contribution in [3.63, 3.8) is 0 Å². The molecule has 0 saturated heterocycles. The second kappa shape index (κ2) is 6.03. The number of carbonyl (C=O) groups is 1. The number of nitrogens with two attached hydrogens (primary N) is 1. The zero-order valence-corrected chi connectivity index (χ0v) is 10.7. The van der Waals surface area contributed by atoms with Crippen LogP contribution in [0.1, 0.15) is 24.2 Å². The summed E-state index contributed by atoms with van der Waals surface area (Å²) in [5.74, 6) is -1.71. The lowest BCUT2D eigenvalue weighted by Crippen LogP contribution is -2.42. The highest BCUT2D eigenvalue weighted by Gasteiger charge is 2.23. The number of hydrogen-bond donors (Lipinski definition) is 3. The molecule has 0 atom stereocenters. The molecule has 0 spiro atoms. The molecule has 1 rings (SSSR count). The fourth-order valence-corrected chi connectivity index (χ4v) is 1.53. The molecule has 19 heavy (non-hydrogen) atoms. The summed E-state index contributed by atoms with van der Waals surface area (Å²) in [6.07, 6.45) is 0. The monoisotopic (exact) mass is 269 g/mol. The van der Waals surface area contributed by atoms with E-state index in [1.807, 2.05) is 0 Å². The Balaban J connectivity index is 3.09. The van der Waals surface area contributed by atoms with Crippen LogP contribution in [0.3, 0.4) is 0 Å². The zero-order valence-electron chi connectivity index (χ0n) is 10.7. The van der Waals surface area contributed by atoms with Gasteiger partial charge in [-0.1, -0.05) is 5.16 Å². The first kappa shape index (κ1) is 14.7. The Kier molecular flexibility index (Phi) is 4.68. The van der Waals surface area contributed by atoms with Crippen LogP contribution in [0.25, 0.3) is 0 Å². The molecule has 1 aromatic carbocycles. The summed E-state index contributed by atoms with van der Waals surface area (Å²) >= 11 is 0. The van der Waals surface area contributed by atoms with Gasteiger partial charge in [-0.2, -0.15) is 0 Å². The molecule has 1 amide bonds. The Labute approximate surface area is 109 Å². The van der Waals surface area contributed by atoms with Crippen LogP contribution in [-0.4, -0.2) is 39.5 Å². The van der Waals surface area contributed by atoms with Gasteiger partial charge in [0.25, 0.3) is 5.91 Å². The van der Waals surface area contributed by atoms with Crippen LogP contribution in [0.5, 0.6) is 5.75 Å². The smallest absolute Gasteiger partial charge is 0.258 e. The summed E-state index contributed by atoms with van der Waals surface area (Å²) in [5, 5.41) is 20.9. The summed E-state index contributed by atoms with van der Waals surface area (Å²) in [7, 11) is 0. The van der Waals surface area contributed by atoms with E-state index in [1.165, 1.54) is 4.90 Å². The van der Waals surface area contributed by atoms with Gasteiger partial charge in [-0.3, -0.25) is 4.79 Å². The Hall–Kier alpha value is -2.31. The van der Waals surface area contributed by atoms with Crippen LogP contribution in [0.4, 0.5) is 4.39 Å². The van der Waals surface area contributed by atoms with Gasteiger partial charge < -0.3 is 20.9 Å². The molecule has 0 unspecified atom stereocenters. The molecule has 4 N–H and O–H groups in total. The quantitative estimate of drug-likeness (QED) is 0.330. The van der Waals surface area contributed by atoms with E-state index in [0.29, 0.717) is 0 Å². The number of amidine groups is 1. The van der Waals surface area contributed by atoms with Crippen LogP contribution in [0, 0.1) is 5.82 Å². The summed E-state index contributed by atoms with van der Waals surface area (Å²) in [6.45, 7) is 3.32. The van der Waals surface area contributed by atoms with Crippen molar-refractivity contribution in [1.29, 1.82) is 0 Å². The van der Waals surface area contributed by atoms with Crippen molar-refractivity contribution in [3.8, 4) is 5.75 Å². The number of oxime groups is 1. The predicted octanol–water partition coefficient (Wildman–Crippen LogP) is 1.13. The Morgan fingerprint density at radius 2 is 2.16 bits per heavy atom. The highest BCUT2D eigenvalue weighted by atomic mass is 19.1. The Morgan fingerprint density at radius 3 is 2.68 bits per heavy atom. The molecule has 0 fully saturated rings. The predicted molar refractivity (Wildman–Crippen MR) is 67.6 cm³/mol.